The first-order valence-electron chi connectivity index (χ1n) is 6.27. The molecule has 3 unspecified atom stereocenters. The fourth-order valence-electron chi connectivity index (χ4n) is 2.88. The van der Waals surface area contributed by atoms with Crippen LogP contribution >= 0.6 is 0 Å². The maximum absolute atomic E-state index is 14.6. The molecular weight excluding hydrogens is 231 g/mol. The predicted octanol–water partition coefficient (Wildman–Crippen LogP) is 3.03. The van der Waals surface area contributed by atoms with Gasteiger partial charge in [-0.15, -0.1) is 0 Å². The van der Waals surface area contributed by atoms with Crippen LogP contribution < -0.4 is 0 Å². The summed E-state index contributed by atoms with van der Waals surface area (Å²) >= 11 is 0. The van der Waals surface area contributed by atoms with Crippen LogP contribution in [0.2, 0.25) is 0 Å². The van der Waals surface area contributed by atoms with Crippen LogP contribution in [0.1, 0.15) is 18.4 Å². The van der Waals surface area contributed by atoms with Gasteiger partial charge in [-0.1, -0.05) is 42.5 Å². The Morgan fingerprint density at radius 1 is 1.33 bits per heavy atom. The molecule has 0 heterocycles. The van der Waals surface area contributed by atoms with Crippen molar-refractivity contribution in [2.75, 3.05) is 0 Å². The molecule has 1 fully saturated rings. The second kappa shape index (κ2) is 4.23. The maximum Gasteiger partial charge on any atom is 0.344 e. The van der Waals surface area contributed by atoms with E-state index >= 15 is 0 Å². The number of fused-ring (bicyclic) bond motifs is 2. The maximum atomic E-state index is 14.6. The lowest BCUT2D eigenvalue weighted by Crippen LogP contribution is -2.39. The van der Waals surface area contributed by atoms with Crippen molar-refractivity contribution in [2.24, 2.45) is 11.8 Å². The highest BCUT2D eigenvalue weighted by atomic mass is 19.1. The van der Waals surface area contributed by atoms with Crippen molar-refractivity contribution < 1.29 is 13.9 Å². The Balaban J connectivity index is 1.64. The first kappa shape index (κ1) is 11.5. The zero-order valence-electron chi connectivity index (χ0n) is 10.0. The highest BCUT2D eigenvalue weighted by Gasteiger charge is 2.55. The lowest BCUT2D eigenvalue weighted by molar-refractivity contribution is -0.161. The van der Waals surface area contributed by atoms with Crippen molar-refractivity contribution in [1.82, 2.24) is 0 Å². The minimum absolute atomic E-state index is 0.145. The molecule has 0 saturated heterocycles. The molecule has 94 valence electrons. The highest BCUT2D eigenvalue weighted by molar-refractivity contribution is 5.81. The summed E-state index contributed by atoms with van der Waals surface area (Å²) in [5.41, 5.74) is -0.915. The third-order valence-corrected chi connectivity index (χ3v) is 3.87. The summed E-state index contributed by atoms with van der Waals surface area (Å²) in [5.74, 6) is -0.779. The number of alkyl halides is 1. The van der Waals surface area contributed by atoms with Crippen molar-refractivity contribution in [3.63, 3.8) is 0 Å². The molecule has 0 aliphatic heterocycles. The second-order valence-corrected chi connectivity index (χ2v) is 5.12. The van der Waals surface area contributed by atoms with E-state index in [9.17, 15) is 9.18 Å². The van der Waals surface area contributed by atoms with Crippen LogP contribution in [0.3, 0.4) is 0 Å². The number of carbonyl (C=O) groups is 1. The van der Waals surface area contributed by atoms with E-state index in [-0.39, 0.29) is 24.9 Å². The summed E-state index contributed by atoms with van der Waals surface area (Å²) in [6.07, 6.45) is 4.85. The monoisotopic (exact) mass is 246 g/mol. The first-order valence-corrected chi connectivity index (χ1v) is 6.27. The topological polar surface area (TPSA) is 26.3 Å². The van der Waals surface area contributed by atoms with Crippen molar-refractivity contribution >= 4 is 5.97 Å². The summed E-state index contributed by atoms with van der Waals surface area (Å²) in [6, 6.07) is 9.35. The van der Waals surface area contributed by atoms with Gasteiger partial charge in [0.1, 0.15) is 6.61 Å². The lowest BCUT2D eigenvalue weighted by atomic mass is 9.90. The smallest absolute Gasteiger partial charge is 0.344 e. The molecule has 1 aromatic rings. The van der Waals surface area contributed by atoms with Crippen LogP contribution in [-0.4, -0.2) is 11.6 Å². The third kappa shape index (κ3) is 1.84. The van der Waals surface area contributed by atoms with Gasteiger partial charge in [-0.3, -0.25) is 0 Å². The minimum atomic E-state index is -1.80. The van der Waals surface area contributed by atoms with E-state index in [0.29, 0.717) is 0 Å². The molecule has 3 atom stereocenters. The molecule has 0 amide bonds. The van der Waals surface area contributed by atoms with E-state index in [1.54, 1.807) is 0 Å². The third-order valence-electron chi connectivity index (χ3n) is 3.87. The molecule has 18 heavy (non-hydrogen) atoms. The van der Waals surface area contributed by atoms with E-state index in [0.717, 1.165) is 12.0 Å². The molecule has 2 aliphatic rings. The molecule has 2 bridgehead atoms. The van der Waals surface area contributed by atoms with E-state index in [1.807, 2.05) is 42.5 Å². The van der Waals surface area contributed by atoms with Crippen molar-refractivity contribution in [3.05, 3.63) is 48.0 Å². The van der Waals surface area contributed by atoms with Crippen molar-refractivity contribution in [1.29, 1.82) is 0 Å². The van der Waals surface area contributed by atoms with Crippen LogP contribution in [0.25, 0.3) is 0 Å². The minimum Gasteiger partial charge on any atom is -0.458 e. The fraction of sp³-hybridized carbons (Fsp3) is 0.400. The lowest BCUT2D eigenvalue weighted by Gasteiger charge is -2.24. The van der Waals surface area contributed by atoms with Gasteiger partial charge in [-0.05, 0) is 24.3 Å². The number of ether oxygens (including phenoxy) is 1. The van der Waals surface area contributed by atoms with Gasteiger partial charge in [0.05, 0.1) is 0 Å². The Morgan fingerprint density at radius 3 is 2.72 bits per heavy atom. The average Bonchev–Trinajstić information content (AvgIpc) is 2.97. The molecule has 3 rings (SSSR count). The zero-order valence-corrected chi connectivity index (χ0v) is 10.0. The van der Waals surface area contributed by atoms with E-state index in [1.165, 1.54) is 0 Å². The Kier molecular flexibility index (Phi) is 2.69. The predicted molar refractivity (Wildman–Crippen MR) is 65.4 cm³/mol. The van der Waals surface area contributed by atoms with Crippen LogP contribution in [-0.2, 0) is 16.1 Å². The molecule has 1 aromatic carbocycles. The molecule has 2 aliphatic carbocycles. The SMILES string of the molecule is O=C(OCc1ccccc1)C1(F)CC2C=CC1C2. The summed E-state index contributed by atoms with van der Waals surface area (Å²) in [7, 11) is 0. The first-order chi connectivity index (χ1) is 8.68. The van der Waals surface area contributed by atoms with Gasteiger partial charge < -0.3 is 4.74 Å². The molecule has 0 N–H and O–H groups in total. The quantitative estimate of drug-likeness (QED) is 0.605. The molecule has 0 spiro atoms. The average molecular weight is 246 g/mol. The number of rotatable bonds is 3. The normalized spacial score (nSPS) is 32.7. The van der Waals surface area contributed by atoms with E-state index in [4.69, 9.17) is 4.74 Å². The van der Waals surface area contributed by atoms with Gasteiger partial charge >= 0.3 is 5.97 Å². The Morgan fingerprint density at radius 2 is 2.11 bits per heavy atom. The van der Waals surface area contributed by atoms with Crippen LogP contribution in [0.5, 0.6) is 0 Å². The van der Waals surface area contributed by atoms with Crippen molar-refractivity contribution in [3.8, 4) is 0 Å². The Labute approximate surface area is 105 Å². The van der Waals surface area contributed by atoms with Crippen molar-refractivity contribution in [2.45, 2.75) is 25.1 Å². The molecular formula is C15H15FO2. The molecule has 2 nitrogen and oxygen atoms in total. The van der Waals surface area contributed by atoms with Crippen LogP contribution in [0.4, 0.5) is 4.39 Å². The number of carbonyl (C=O) groups excluding carboxylic acids is 1. The van der Waals surface area contributed by atoms with Gasteiger partial charge in [0.15, 0.2) is 0 Å². The number of halogens is 1. The van der Waals surface area contributed by atoms with E-state index in [2.05, 4.69) is 0 Å². The van der Waals surface area contributed by atoms with Gasteiger partial charge in [-0.2, -0.15) is 0 Å². The standard InChI is InChI=1S/C15H15FO2/c16-15(9-12-6-7-13(15)8-12)14(17)18-10-11-4-2-1-3-5-11/h1-7,12-13H,8-10H2. The number of allylic oxidation sites excluding steroid dienone is 2. The molecule has 0 radical (unpaired) electrons. The molecule has 1 saturated carbocycles. The Hall–Kier alpha value is -1.64. The van der Waals surface area contributed by atoms with E-state index < -0.39 is 11.6 Å². The summed E-state index contributed by atoms with van der Waals surface area (Å²) in [4.78, 5) is 11.9. The highest BCUT2D eigenvalue weighted by Crippen LogP contribution is 2.49. The van der Waals surface area contributed by atoms with Gasteiger partial charge in [-0.25, -0.2) is 9.18 Å². The summed E-state index contributed by atoms with van der Waals surface area (Å²) < 4.78 is 19.7. The Bertz CT molecular complexity index is 483. The number of esters is 1. The molecule has 3 heteroatoms. The van der Waals surface area contributed by atoms with Crippen LogP contribution in [0, 0.1) is 11.8 Å². The number of benzene rings is 1. The van der Waals surface area contributed by atoms with Gasteiger partial charge in [0, 0.05) is 5.92 Å². The van der Waals surface area contributed by atoms with Crippen LogP contribution in [0.15, 0.2) is 42.5 Å². The summed E-state index contributed by atoms with van der Waals surface area (Å²) in [5, 5.41) is 0. The summed E-state index contributed by atoms with van der Waals surface area (Å²) in [6.45, 7) is 0.145. The number of hydrogen-bond acceptors (Lipinski definition) is 2. The molecule has 0 aromatic heterocycles. The van der Waals surface area contributed by atoms with Gasteiger partial charge in [0.25, 0.3) is 0 Å². The largest absolute Gasteiger partial charge is 0.458 e. The zero-order chi connectivity index (χ0) is 12.6. The second-order valence-electron chi connectivity index (χ2n) is 5.12. The van der Waals surface area contributed by atoms with Gasteiger partial charge in [0.2, 0.25) is 5.67 Å². The fourth-order valence-corrected chi connectivity index (χ4v) is 2.88. The number of hydrogen-bond donors (Lipinski definition) is 0.